The molecule has 0 fully saturated rings. The predicted molar refractivity (Wildman–Crippen MR) is 105 cm³/mol. The minimum absolute atomic E-state index is 0.00430. The molecule has 3 rings (SSSR count). The maximum Gasteiger partial charge on any atom is 0.416 e. The lowest BCUT2D eigenvalue weighted by Crippen LogP contribution is -2.18. The van der Waals surface area contributed by atoms with Crippen molar-refractivity contribution < 1.29 is 22.8 Å². The summed E-state index contributed by atoms with van der Waals surface area (Å²) < 4.78 is 38.6. The molecule has 7 heteroatoms. The molecule has 0 radical (unpaired) electrons. The number of anilines is 2. The second kappa shape index (κ2) is 8.18. The van der Waals surface area contributed by atoms with Crippen LogP contribution in [0.2, 0.25) is 0 Å². The summed E-state index contributed by atoms with van der Waals surface area (Å²) in [6.07, 6.45) is -4.51. The van der Waals surface area contributed by atoms with Gasteiger partial charge in [0.2, 0.25) is 0 Å². The van der Waals surface area contributed by atoms with E-state index in [2.05, 4.69) is 10.6 Å². The number of amides is 2. The van der Waals surface area contributed by atoms with Gasteiger partial charge in [0.25, 0.3) is 11.8 Å². The van der Waals surface area contributed by atoms with E-state index < -0.39 is 23.6 Å². The molecule has 0 heterocycles. The number of hydrogen-bond donors (Lipinski definition) is 2. The molecule has 29 heavy (non-hydrogen) atoms. The van der Waals surface area contributed by atoms with Crippen LogP contribution in [0.3, 0.4) is 0 Å². The van der Waals surface area contributed by atoms with E-state index >= 15 is 0 Å². The zero-order valence-corrected chi connectivity index (χ0v) is 15.4. The fraction of sp³-hybridized carbons (Fsp3) is 0.0909. The van der Waals surface area contributed by atoms with Crippen molar-refractivity contribution in [3.63, 3.8) is 0 Å². The molecule has 0 aliphatic carbocycles. The Morgan fingerprint density at radius 1 is 0.793 bits per heavy atom. The van der Waals surface area contributed by atoms with Gasteiger partial charge in [-0.3, -0.25) is 9.59 Å². The first kappa shape index (κ1) is 20.1. The van der Waals surface area contributed by atoms with Gasteiger partial charge in [0.1, 0.15) is 0 Å². The Balaban J connectivity index is 1.81. The highest BCUT2D eigenvalue weighted by atomic mass is 19.4. The summed E-state index contributed by atoms with van der Waals surface area (Å²) in [5.74, 6) is -1.03. The van der Waals surface area contributed by atoms with Gasteiger partial charge in [-0.1, -0.05) is 35.9 Å². The molecule has 2 amide bonds. The Morgan fingerprint density at radius 3 is 2.24 bits per heavy atom. The molecule has 2 N–H and O–H groups in total. The number of carbonyl (C=O) groups is 2. The van der Waals surface area contributed by atoms with Crippen LogP contribution in [0.1, 0.15) is 31.8 Å². The monoisotopic (exact) mass is 398 g/mol. The first-order valence-electron chi connectivity index (χ1n) is 8.70. The van der Waals surface area contributed by atoms with Gasteiger partial charge in [-0.05, 0) is 49.4 Å². The lowest BCUT2D eigenvalue weighted by molar-refractivity contribution is -0.137. The quantitative estimate of drug-likeness (QED) is 0.608. The Hall–Kier alpha value is -3.61. The molecule has 3 aromatic carbocycles. The molecule has 0 aromatic heterocycles. The van der Waals surface area contributed by atoms with Crippen molar-refractivity contribution in [1.29, 1.82) is 0 Å². The van der Waals surface area contributed by atoms with Crippen LogP contribution in [-0.4, -0.2) is 11.8 Å². The number of carbonyl (C=O) groups excluding carboxylic acids is 2. The summed E-state index contributed by atoms with van der Waals surface area (Å²) in [7, 11) is 0. The zero-order valence-electron chi connectivity index (χ0n) is 15.4. The van der Waals surface area contributed by atoms with Crippen LogP contribution in [0.4, 0.5) is 24.5 Å². The van der Waals surface area contributed by atoms with Gasteiger partial charge in [-0.15, -0.1) is 0 Å². The highest BCUT2D eigenvalue weighted by Gasteiger charge is 2.30. The van der Waals surface area contributed by atoms with Crippen LogP contribution in [-0.2, 0) is 6.18 Å². The molecule has 0 bridgehead atoms. The molecule has 0 aliphatic heterocycles. The number of rotatable bonds is 4. The van der Waals surface area contributed by atoms with Crippen molar-refractivity contribution in [3.05, 3.63) is 95.1 Å². The third-order valence-corrected chi connectivity index (χ3v) is 4.15. The molecular weight excluding hydrogens is 381 g/mol. The van der Waals surface area contributed by atoms with Gasteiger partial charge in [-0.25, -0.2) is 0 Å². The average Bonchev–Trinajstić information content (AvgIpc) is 2.68. The van der Waals surface area contributed by atoms with Crippen molar-refractivity contribution in [3.8, 4) is 0 Å². The second-order valence-electron chi connectivity index (χ2n) is 6.40. The number of halogens is 3. The first-order chi connectivity index (χ1) is 13.7. The van der Waals surface area contributed by atoms with E-state index in [1.54, 1.807) is 36.4 Å². The number of alkyl halides is 3. The summed E-state index contributed by atoms with van der Waals surface area (Å²) in [6, 6.07) is 17.6. The molecule has 0 aliphatic rings. The molecule has 4 nitrogen and oxygen atoms in total. The van der Waals surface area contributed by atoms with Crippen LogP contribution in [0.15, 0.2) is 72.8 Å². The van der Waals surface area contributed by atoms with Gasteiger partial charge in [0.05, 0.1) is 16.8 Å². The largest absolute Gasteiger partial charge is 0.416 e. The van der Waals surface area contributed by atoms with Crippen molar-refractivity contribution in [2.75, 3.05) is 10.6 Å². The lowest BCUT2D eigenvalue weighted by atomic mass is 10.1. The number of nitrogens with one attached hydrogen (secondary N) is 2. The molecule has 0 spiro atoms. The van der Waals surface area contributed by atoms with Crippen LogP contribution in [0, 0.1) is 6.92 Å². The van der Waals surface area contributed by atoms with E-state index in [9.17, 15) is 22.8 Å². The van der Waals surface area contributed by atoms with E-state index in [-0.39, 0.29) is 16.9 Å². The van der Waals surface area contributed by atoms with Crippen LogP contribution in [0.5, 0.6) is 0 Å². The number of benzene rings is 3. The van der Waals surface area contributed by atoms with Crippen molar-refractivity contribution in [2.24, 2.45) is 0 Å². The average molecular weight is 398 g/mol. The Bertz CT molecular complexity index is 1060. The van der Waals surface area contributed by atoms with E-state index in [1.807, 2.05) is 13.0 Å². The number of para-hydroxylation sites is 1. The summed E-state index contributed by atoms with van der Waals surface area (Å²) in [6.45, 7) is 1.85. The summed E-state index contributed by atoms with van der Waals surface area (Å²) in [4.78, 5) is 25.1. The highest BCUT2D eigenvalue weighted by Crippen LogP contribution is 2.31. The lowest BCUT2D eigenvalue weighted by Gasteiger charge is -2.13. The minimum atomic E-state index is -4.51. The Kier molecular flexibility index (Phi) is 5.68. The summed E-state index contributed by atoms with van der Waals surface area (Å²) in [5, 5.41) is 5.12. The standard InChI is InChI=1S/C22H17F3N2O2/c1-14-6-4-7-15(12-14)20(28)27-19-11-3-2-10-18(19)21(29)26-17-9-5-8-16(13-17)22(23,24)25/h2-13H,1H3,(H,26,29)(H,27,28). The van der Waals surface area contributed by atoms with E-state index in [4.69, 9.17) is 0 Å². The number of aryl methyl sites for hydroxylation is 1. The smallest absolute Gasteiger partial charge is 0.322 e. The van der Waals surface area contributed by atoms with Crippen molar-refractivity contribution >= 4 is 23.2 Å². The topological polar surface area (TPSA) is 58.2 Å². The fourth-order valence-corrected chi connectivity index (χ4v) is 2.74. The van der Waals surface area contributed by atoms with Crippen molar-refractivity contribution in [1.82, 2.24) is 0 Å². The highest BCUT2D eigenvalue weighted by molar-refractivity contribution is 6.12. The fourth-order valence-electron chi connectivity index (χ4n) is 2.74. The van der Waals surface area contributed by atoms with Gasteiger partial charge in [0, 0.05) is 11.3 Å². The predicted octanol–water partition coefficient (Wildman–Crippen LogP) is 5.52. The van der Waals surface area contributed by atoms with Gasteiger partial charge >= 0.3 is 6.18 Å². The van der Waals surface area contributed by atoms with E-state index in [1.165, 1.54) is 18.2 Å². The zero-order chi connectivity index (χ0) is 21.0. The number of hydrogen-bond acceptors (Lipinski definition) is 2. The van der Waals surface area contributed by atoms with E-state index in [0.717, 1.165) is 17.7 Å². The van der Waals surface area contributed by atoms with Crippen LogP contribution >= 0.6 is 0 Å². The maximum absolute atomic E-state index is 12.9. The summed E-state index contributed by atoms with van der Waals surface area (Å²) in [5.41, 5.74) is 0.863. The first-order valence-corrected chi connectivity index (χ1v) is 8.70. The minimum Gasteiger partial charge on any atom is -0.322 e. The third kappa shape index (κ3) is 5.01. The normalized spacial score (nSPS) is 11.0. The molecule has 0 saturated heterocycles. The third-order valence-electron chi connectivity index (χ3n) is 4.15. The second-order valence-corrected chi connectivity index (χ2v) is 6.40. The Labute approximate surface area is 165 Å². The maximum atomic E-state index is 12.9. The molecule has 0 atom stereocenters. The molecule has 0 saturated carbocycles. The molecule has 0 unspecified atom stereocenters. The Morgan fingerprint density at radius 2 is 1.52 bits per heavy atom. The van der Waals surface area contributed by atoms with Crippen LogP contribution in [0.25, 0.3) is 0 Å². The van der Waals surface area contributed by atoms with Gasteiger partial charge < -0.3 is 10.6 Å². The SMILES string of the molecule is Cc1cccc(C(=O)Nc2ccccc2C(=O)Nc2cccc(C(F)(F)F)c2)c1. The van der Waals surface area contributed by atoms with Crippen molar-refractivity contribution in [2.45, 2.75) is 13.1 Å². The molecular formula is C22H17F3N2O2. The van der Waals surface area contributed by atoms with E-state index in [0.29, 0.717) is 5.56 Å². The van der Waals surface area contributed by atoms with Gasteiger partial charge in [0.15, 0.2) is 0 Å². The van der Waals surface area contributed by atoms with Gasteiger partial charge in [-0.2, -0.15) is 13.2 Å². The molecule has 3 aromatic rings. The van der Waals surface area contributed by atoms with Crippen LogP contribution < -0.4 is 10.6 Å². The summed E-state index contributed by atoms with van der Waals surface area (Å²) >= 11 is 0. The molecule has 148 valence electrons.